The van der Waals surface area contributed by atoms with Crippen molar-refractivity contribution in [1.82, 2.24) is 4.98 Å². The summed E-state index contributed by atoms with van der Waals surface area (Å²) < 4.78 is 5.24. The Labute approximate surface area is 165 Å². The fourth-order valence-corrected chi connectivity index (χ4v) is 4.27. The molecule has 5 nitrogen and oxygen atoms in total. The van der Waals surface area contributed by atoms with Crippen LogP contribution in [0.1, 0.15) is 23.0 Å². The lowest BCUT2D eigenvalue weighted by atomic mass is 10.0. The molecule has 0 unspecified atom stereocenters. The van der Waals surface area contributed by atoms with Gasteiger partial charge in [0.05, 0.1) is 38.9 Å². The first-order valence-corrected chi connectivity index (χ1v) is 9.93. The van der Waals surface area contributed by atoms with E-state index in [4.69, 9.17) is 4.74 Å². The monoisotopic (exact) mass is 378 g/mol. The number of nitrogens with zero attached hydrogens (tertiary/aromatic N) is 1. The van der Waals surface area contributed by atoms with E-state index in [1.165, 1.54) is 10.6 Å². The second kappa shape index (κ2) is 7.68. The molecule has 0 aliphatic carbocycles. The number of rotatable bonds is 5. The molecule has 28 heavy (non-hydrogen) atoms. The molecular formula is C23H28N3O2+. The Morgan fingerprint density at radius 1 is 1.11 bits per heavy atom. The molecular weight excluding hydrogens is 350 g/mol. The Kier molecular flexibility index (Phi) is 5.09. The normalized spacial score (nSPS) is 16.3. The highest BCUT2D eigenvalue weighted by Gasteiger charge is 2.32. The van der Waals surface area contributed by atoms with E-state index in [9.17, 15) is 4.79 Å². The second-order valence-corrected chi connectivity index (χ2v) is 7.60. The third kappa shape index (κ3) is 3.38. The van der Waals surface area contributed by atoms with Gasteiger partial charge in [0, 0.05) is 22.3 Å². The maximum atomic E-state index is 13.3. The highest BCUT2D eigenvalue weighted by atomic mass is 16.5. The van der Waals surface area contributed by atoms with Crippen LogP contribution in [-0.2, 0) is 0 Å². The quantitative estimate of drug-likeness (QED) is 0.671. The summed E-state index contributed by atoms with van der Waals surface area (Å²) in [5.74, 6) is 1.11. The number of quaternary nitrogens is 1. The number of para-hydroxylation sites is 1. The zero-order valence-corrected chi connectivity index (χ0v) is 16.8. The summed E-state index contributed by atoms with van der Waals surface area (Å²) in [6.45, 7) is 7.89. The molecule has 1 fully saturated rings. The minimum absolute atomic E-state index is 0.0454. The third-order valence-corrected chi connectivity index (χ3v) is 5.99. The highest BCUT2D eigenvalue weighted by Crippen LogP contribution is 2.23. The van der Waals surface area contributed by atoms with Crippen molar-refractivity contribution in [2.45, 2.75) is 19.9 Å². The largest absolute Gasteiger partial charge is 0.497 e. The number of carbonyl (C=O) groups is 1. The number of aryl methyl sites for hydroxylation is 1. The van der Waals surface area contributed by atoms with Crippen LogP contribution in [0.2, 0.25) is 0 Å². The number of H-pyrrole nitrogens is 1. The molecule has 0 bridgehead atoms. The molecule has 1 aliphatic heterocycles. The van der Waals surface area contributed by atoms with Crippen LogP contribution in [0.4, 0.5) is 5.69 Å². The van der Waals surface area contributed by atoms with E-state index in [0.29, 0.717) is 0 Å². The van der Waals surface area contributed by atoms with E-state index >= 15 is 0 Å². The number of carbonyl (C=O) groups excluding carboxylic acids is 1. The molecule has 1 aliphatic rings. The van der Waals surface area contributed by atoms with Crippen molar-refractivity contribution in [3.63, 3.8) is 0 Å². The number of methoxy groups -OCH3 is 1. The highest BCUT2D eigenvalue weighted by molar-refractivity contribution is 6.10. The van der Waals surface area contributed by atoms with Gasteiger partial charge in [0.1, 0.15) is 11.8 Å². The number of Topliss-reactive ketones (excluding diaryl/α,β-unsaturated/α-hetero) is 1. The van der Waals surface area contributed by atoms with Crippen molar-refractivity contribution in [2.75, 3.05) is 38.2 Å². The topological polar surface area (TPSA) is 49.8 Å². The molecule has 0 radical (unpaired) electrons. The Bertz CT molecular complexity index is 969. The van der Waals surface area contributed by atoms with Crippen LogP contribution < -0.4 is 14.5 Å². The van der Waals surface area contributed by atoms with Crippen LogP contribution in [0.5, 0.6) is 5.75 Å². The van der Waals surface area contributed by atoms with Gasteiger partial charge in [-0.15, -0.1) is 0 Å². The van der Waals surface area contributed by atoms with Crippen molar-refractivity contribution < 1.29 is 14.4 Å². The molecule has 2 aromatic carbocycles. The molecule has 1 aromatic heterocycles. The predicted molar refractivity (Wildman–Crippen MR) is 113 cm³/mol. The van der Waals surface area contributed by atoms with Crippen molar-refractivity contribution in [2.24, 2.45) is 0 Å². The number of fused-ring (bicyclic) bond motifs is 1. The summed E-state index contributed by atoms with van der Waals surface area (Å²) in [6, 6.07) is 16.2. The van der Waals surface area contributed by atoms with E-state index in [-0.39, 0.29) is 11.8 Å². The van der Waals surface area contributed by atoms with Crippen LogP contribution in [0.3, 0.4) is 0 Å². The summed E-state index contributed by atoms with van der Waals surface area (Å²) in [5, 5.41) is 1.04. The molecule has 0 amide bonds. The van der Waals surface area contributed by atoms with Crippen LogP contribution in [0, 0.1) is 6.92 Å². The van der Waals surface area contributed by atoms with Gasteiger partial charge in [-0.1, -0.05) is 18.2 Å². The zero-order chi connectivity index (χ0) is 19.7. The maximum Gasteiger partial charge on any atom is 0.222 e. The second-order valence-electron chi connectivity index (χ2n) is 7.60. The summed E-state index contributed by atoms with van der Waals surface area (Å²) in [5.41, 5.74) is 4.07. The van der Waals surface area contributed by atoms with Crippen molar-refractivity contribution in [1.29, 1.82) is 0 Å². The Hall–Kier alpha value is -2.79. The minimum Gasteiger partial charge on any atom is -0.497 e. The summed E-state index contributed by atoms with van der Waals surface area (Å²) in [6.07, 6.45) is 0. The first-order chi connectivity index (χ1) is 13.6. The Morgan fingerprint density at radius 3 is 2.46 bits per heavy atom. The van der Waals surface area contributed by atoms with Crippen molar-refractivity contribution in [3.8, 4) is 5.75 Å². The molecule has 5 heteroatoms. The number of aromatic amines is 1. The van der Waals surface area contributed by atoms with Gasteiger partial charge < -0.3 is 19.5 Å². The van der Waals surface area contributed by atoms with Crippen LogP contribution in [0.15, 0.2) is 48.5 Å². The standard InChI is InChI=1S/C23H27N3O2/c1-16-22(20-6-4-5-7-21(20)24-16)23(27)17(2)25-12-14-26(15-13-25)18-8-10-19(28-3)11-9-18/h4-11,17,24H,12-15H2,1-3H3/p+1/t17-/m0/s1. The summed E-state index contributed by atoms with van der Waals surface area (Å²) >= 11 is 0. The van der Waals surface area contributed by atoms with Gasteiger partial charge in [0.25, 0.3) is 0 Å². The molecule has 2 heterocycles. The average molecular weight is 378 g/mol. The molecule has 1 saturated heterocycles. The smallest absolute Gasteiger partial charge is 0.222 e. The third-order valence-electron chi connectivity index (χ3n) is 5.99. The lowest BCUT2D eigenvalue weighted by molar-refractivity contribution is -0.914. The number of piperazine rings is 1. The van der Waals surface area contributed by atoms with E-state index in [1.54, 1.807) is 7.11 Å². The number of ether oxygens (including phenoxy) is 1. The zero-order valence-electron chi connectivity index (χ0n) is 16.8. The minimum atomic E-state index is -0.0454. The van der Waals surface area contributed by atoms with Gasteiger partial charge in [-0.2, -0.15) is 0 Å². The lowest BCUT2D eigenvalue weighted by Crippen LogP contribution is -3.18. The molecule has 0 saturated carbocycles. The van der Waals surface area contributed by atoms with Crippen molar-refractivity contribution in [3.05, 3.63) is 59.8 Å². The molecule has 146 valence electrons. The number of aromatic nitrogens is 1. The number of hydrogen-bond acceptors (Lipinski definition) is 3. The lowest BCUT2D eigenvalue weighted by Gasteiger charge is -2.36. The number of nitrogens with one attached hydrogen (secondary N) is 2. The van der Waals surface area contributed by atoms with Gasteiger partial charge in [0.2, 0.25) is 5.78 Å². The number of anilines is 1. The SMILES string of the molecule is COc1ccc(N2CC[NH+]([C@@H](C)C(=O)c3c(C)[nH]c4ccccc34)CC2)cc1. The molecule has 2 N–H and O–H groups in total. The number of ketones is 1. The molecule has 1 atom stereocenters. The average Bonchev–Trinajstić information content (AvgIpc) is 3.08. The fraction of sp³-hybridized carbons (Fsp3) is 0.348. The van der Waals surface area contributed by atoms with Gasteiger partial charge in [-0.05, 0) is 44.2 Å². The molecule has 4 rings (SSSR count). The van der Waals surface area contributed by atoms with Gasteiger partial charge in [-0.3, -0.25) is 4.79 Å². The Balaban J connectivity index is 1.45. The van der Waals surface area contributed by atoms with Gasteiger partial charge in [-0.25, -0.2) is 0 Å². The summed E-state index contributed by atoms with van der Waals surface area (Å²) in [4.78, 5) is 20.4. The van der Waals surface area contributed by atoms with Crippen LogP contribution in [0.25, 0.3) is 10.9 Å². The first kappa shape index (κ1) is 18.6. The summed E-state index contributed by atoms with van der Waals surface area (Å²) in [7, 11) is 1.69. The van der Waals surface area contributed by atoms with E-state index in [1.807, 2.05) is 43.3 Å². The molecule has 0 spiro atoms. The van der Waals surface area contributed by atoms with E-state index < -0.39 is 0 Å². The fourth-order valence-electron chi connectivity index (χ4n) is 4.27. The predicted octanol–water partition coefficient (Wildman–Crippen LogP) is 2.46. The number of benzene rings is 2. The Morgan fingerprint density at radius 2 is 1.79 bits per heavy atom. The number of hydrogen-bond donors (Lipinski definition) is 2. The molecule has 3 aromatic rings. The van der Waals surface area contributed by atoms with Crippen LogP contribution in [-0.4, -0.2) is 50.1 Å². The maximum absolute atomic E-state index is 13.3. The van der Waals surface area contributed by atoms with Crippen molar-refractivity contribution >= 4 is 22.4 Å². The van der Waals surface area contributed by atoms with E-state index in [2.05, 4.69) is 28.9 Å². The van der Waals surface area contributed by atoms with Gasteiger partial charge >= 0.3 is 0 Å². The van der Waals surface area contributed by atoms with E-state index in [0.717, 1.165) is 54.1 Å². The van der Waals surface area contributed by atoms with Gasteiger partial charge in [0.15, 0.2) is 0 Å². The first-order valence-electron chi connectivity index (χ1n) is 9.93. The van der Waals surface area contributed by atoms with Crippen LogP contribution >= 0.6 is 0 Å².